The Balaban J connectivity index is 1.95. The first kappa shape index (κ1) is 21.8. The van der Waals surface area contributed by atoms with E-state index in [2.05, 4.69) is 20.9 Å². The lowest BCUT2D eigenvalue weighted by molar-refractivity contribution is 0.0600. The zero-order chi connectivity index (χ0) is 22.5. The number of ether oxygens (including phenoxy) is 2. The molecular weight excluding hydrogens is 477 g/mol. The average molecular weight is 497 g/mol. The van der Waals surface area contributed by atoms with Gasteiger partial charge in [0.2, 0.25) is 0 Å². The number of rotatable bonds is 4. The standard InChI is InChI=1S/C22H20BrF3N2O3/c1-22(2)10-31-9-18(22)28-17-5-11(21(29)30-3)4-16(26)20(17)27-19(28)8-13-14(24)6-12(23)7-15(13)25/h4-7,18H,8-10H2,1-3H3. The van der Waals surface area contributed by atoms with E-state index < -0.39 is 23.4 Å². The number of carbonyl (C=O) groups is 1. The molecule has 0 aliphatic carbocycles. The minimum Gasteiger partial charge on any atom is -0.465 e. The number of carbonyl (C=O) groups excluding carboxylic acids is 1. The highest BCUT2D eigenvalue weighted by molar-refractivity contribution is 9.10. The number of fused-ring (bicyclic) bond motifs is 1. The monoisotopic (exact) mass is 496 g/mol. The molecule has 3 aromatic rings. The van der Waals surface area contributed by atoms with Gasteiger partial charge in [0.15, 0.2) is 5.82 Å². The fraction of sp³-hybridized carbons (Fsp3) is 0.364. The molecule has 164 valence electrons. The van der Waals surface area contributed by atoms with Crippen molar-refractivity contribution >= 4 is 32.9 Å². The number of esters is 1. The van der Waals surface area contributed by atoms with Crippen LogP contribution < -0.4 is 0 Å². The molecule has 1 saturated heterocycles. The van der Waals surface area contributed by atoms with Crippen molar-refractivity contribution in [3.63, 3.8) is 0 Å². The summed E-state index contributed by atoms with van der Waals surface area (Å²) in [5, 5.41) is 0. The van der Waals surface area contributed by atoms with Crippen molar-refractivity contribution in [3.05, 3.63) is 63.1 Å². The molecule has 0 bridgehead atoms. The molecule has 5 nitrogen and oxygen atoms in total. The van der Waals surface area contributed by atoms with Gasteiger partial charge in [-0.25, -0.2) is 22.9 Å². The molecule has 1 aromatic heterocycles. The number of hydrogen-bond acceptors (Lipinski definition) is 4. The third kappa shape index (κ3) is 3.85. The van der Waals surface area contributed by atoms with Crippen LogP contribution in [0.3, 0.4) is 0 Å². The van der Waals surface area contributed by atoms with Gasteiger partial charge in [0, 0.05) is 21.9 Å². The molecule has 2 aromatic carbocycles. The molecule has 0 amide bonds. The van der Waals surface area contributed by atoms with Crippen LogP contribution >= 0.6 is 15.9 Å². The largest absolute Gasteiger partial charge is 0.465 e. The molecule has 1 aliphatic heterocycles. The summed E-state index contributed by atoms with van der Waals surface area (Å²) in [5.74, 6) is -2.60. The quantitative estimate of drug-likeness (QED) is 0.466. The normalized spacial score (nSPS) is 18.0. The Hall–Kier alpha value is -2.39. The molecule has 31 heavy (non-hydrogen) atoms. The van der Waals surface area contributed by atoms with Gasteiger partial charge >= 0.3 is 5.97 Å². The lowest BCUT2D eigenvalue weighted by atomic mass is 9.87. The SMILES string of the molecule is COC(=O)c1cc(F)c2nc(Cc3c(F)cc(Br)cc3F)n(C3COCC3(C)C)c2c1. The van der Waals surface area contributed by atoms with Gasteiger partial charge in [0.25, 0.3) is 0 Å². The predicted molar refractivity (Wildman–Crippen MR) is 112 cm³/mol. The summed E-state index contributed by atoms with van der Waals surface area (Å²) in [6, 6.07) is 4.60. The highest BCUT2D eigenvalue weighted by atomic mass is 79.9. The maximum absolute atomic E-state index is 14.9. The summed E-state index contributed by atoms with van der Waals surface area (Å²) in [4.78, 5) is 16.4. The van der Waals surface area contributed by atoms with Crippen molar-refractivity contribution < 1.29 is 27.4 Å². The van der Waals surface area contributed by atoms with Crippen molar-refractivity contribution in [3.8, 4) is 0 Å². The van der Waals surface area contributed by atoms with E-state index in [0.717, 1.165) is 6.07 Å². The first-order chi connectivity index (χ1) is 14.6. The van der Waals surface area contributed by atoms with Crippen LogP contribution in [0.2, 0.25) is 0 Å². The van der Waals surface area contributed by atoms with Gasteiger partial charge in [-0.3, -0.25) is 0 Å². The summed E-state index contributed by atoms with van der Waals surface area (Å²) < 4.78 is 56.4. The Bertz CT molecular complexity index is 1170. The van der Waals surface area contributed by atoms with Gasteiger partial charge in [0.05, 0.1) is 37.4 Å². The highest BCUT2D eigenvalue weighted by Crippen LogP contribution is 2.41. The van der Waals surface area contributed by atoms with Crippen molar-refractivity contribution in [1.29, 1.82) is 0 Å². The second kappa shape index (κ2) is 7.94. The second-order valence-electron chi connectivity index (χ2n) is 8.26. The van der Waals surface area contributed by atoms with E-state index in [9.17, 15) is 18.0 Å². The number of aromatic nitrogens is 2. The van der Waals surface area contributed by atoms with Crippen LogP contribution in [0.5, 0.6) is 0 Å². The molecule has 0 radical (unpaired) electrons. The molecular formula is C22H20BrF3N2O3. The summed E-state index contributed by atoms with van der Waals surface area (Å²) in [6.07, 6.45) is -0.195. The van der Waals surface area contributed by atoms with Gasteiger partial charge in [-0.2, -0.15) is 0 Å². The fourth-order valence-electron chi connectivity index (χ4n) is 3.99. The van der Waals surface area contributed by atoms with Crippen LogP contribution in [0.25, 0.3) is 11.0 Å². The molecule has 9 heteroatoms. The van der Waals surface area contributed by atoms with Crippen molar-refractivity contribution in [2.45, 2.75) is 26.3 Å². The fourth-order valence-corrected chi connectivity index (χ4v) is 4.39. The molecule has 1 aliphatic rings. The Morgan fingerprint density at radius 1 is 1.23 bits per heavy atom. The topological polar surface area (TPSA) is 53.3 Å². The van der Waals surface area contributed by atoms with Crippen molar-refractivity contribution in [2.24, 2.45) is 5.41 Å². The van der Waals surface area contributed by atoms with Crippen LogP contribution in [-0.2, 0) is 15.9 Å². The number of imidazole rings is 1. The molecule has 2 heterocycles. The maximum atomic E-state index is 14.9. The van der Waals surface area contributed by atoms with Gasteiger partial charge in [-0.1, -0.05) is 29.8 Å². The summed E-state index contributed by atoms with van der Waals surface area (Å²) in [5.41, 5.74) is -0.139. The molecule has 1 fully saturated rings. The number of benzene rings is 2. The summed E-state index contributed by atoms with van der Waals surface area (Å²) in [6.45, 7) is 4.75. The minimum atomic E-state index is -0.733. The van der Waals surface area contributed by atoms with Crippen molar-refractivity contribution in [2.75, 3.05) is 20.3 Å². The molecule has 0 N–H and O–H groups in total. The molecule has 4 rings (SSSR count). The lowest BCUT2D eigenvalue weighted by Gasteiger charge is -2.28. The second-order valence-corrected chi connectivity index (χ2v) is 9.18. The maximum Gasteiger partial charge on any atom is 0.338 e. The van der Waals surface area contributed by atoms with Gasteiger partial charge in [-0.15, -0.1) is 0 Å². The number of hydrogen-bond donors (Lipinski definition) is 0. The van der Waals surface area contributed by atoms with Gasteiger partial charge in [0.1, 0.15) is 23.0 Å². The third-order valence-corrected chi connectivity index (χ3v) is 6.10. The predicted octanol–water partition coefficient (Wildman–Crippen LogP) is 5.19. The smallest absolute Gasteiger partial charge is 0.338 e. The summed E-state index contributed by atoms with van der Waals surface area (Å²) in [7, 11) is 1.21. The molecule has 1 unspecified atom stereocenters. The van der Waals surface area contributed by atoms with E-state index in [4.69, 9.17) is 9.47 Å². The van der Waals surface area contributed by atoms with Crippen LogP contribution in [0.1, 0.15) is 41.6 Å². The Morgan fingerprint density at radius 3 is 2.48 bits per heavy atom. The minimum absolute atomic E-state index is 0.0169. The Morgan fingerprint density at radius 2 is 1.90 bits per heavy atom. The van der Waals surface area contributed by atoms with Crippen LogP contribution in [-0.4, -0.2) is 35.8 Å². The van der Waals surface area contributed by atoms with E-state index in [0.29, 0.717) is 18.7 Å². The van der Waals surface area contributed by atoms with Crippen molar-refractivity contribution in [1.82, 2.24) is 9.55 Å². The molecule has 0 spiro atoms. The van der Waals surface area contributed by atoms with E-state index in [1.165, 1.54) is 25.3 Å². The average Bonchev–Trinajstić information content (AvgIpc) is 3.22. The van der Waals surface area contributed by atoms with E-state index >= 15 is 0 Å². The zero-order valence-corrected chi connectivity index (χ0v) is 18.7. The van der Waals surface area contributed by atoms with Crippen LogP contribution in [0.15, 0.2) is 28.7 Å². The lowest BCUT2D eigenvalue weighted by Crippen LogP contribution is -2.27. The Kier molecular flexibility index (Phi) is 5.59. The first-order valence-corrected chi connectivity index (χ1v) is 10.4. The number of methoxy groups -OCH3 is 1. The van der Waals surface area contributed by atoms with Crippen LogP contribution in [0.4, 0.5) is 13.2 Å². The Labute approximate surface area is 185 Å². The van der Waals surface area contributed by atoms with Gasteiger partial charge < -0.3 is 14.0 Å². The third-order valence-electron chi connectivity index (χ3n) is 5.65. The van der Waals surface area contributed by atoms with E-state index in [1.54, 1.807) is 4.57 Å². The molecule has 1 atom stereocenters. The first-order valence-electron chi connectivity index (χ1n) is 9.62. The molecule has 0 saturated carbocycles. The van der Waals surface area contributed by atoms with Gasteiger partial charge in [-0.05, 0) is 24.3 Å². The highest BCUT2D eigenvalue weighted by Gasteiger charge is 2.39. The van der Waals surface area contributed by atoms with E-state index in [-0.39, 0.29) is 44.8 Å². The zero-order valence-electron chi connectivity index (χ0n) is 17.1. The number of halogens is 4. The van der Waals surface area contributed by atoms with E-state index in [1.807, 2.05) is 13.8 Å². The van der Waals surface area contributed by atoms with Crippen LogP contribution in [0, 0.1) is 22.9 Å². The number of nitrogens with zero attached hydrogens (tertiary/aromatic N) is 2. The summed E-state index contributed by atoms with van der Waals surface area (Å²) >= 11 is 3.07.